The molecule has 0 saturated carbocycles. The van der Waals surface area contributed by atoms with Crippen LogP contribution in [0.2, 0.25) is 0 Å². The minimum absolute atomic E-state index is 0.165. The van der Waals surface area contributed by atoms with Crippen LogP contribution >= 0.6 is 11.8 Å². The van der Waals surface area contributed by atoms with Crippen LogP contribution in [0.4, 0.5) is 4.39 Å². The van der Waals surface area contributed by atoms with Gasteiger partial charge in [0.1, 0.15) is 10.8 Å². The fourth-order valence-corrected chi connectivity index (χ4v) is 2.65. The summed E-state index contributed by atoms with van der Waals surface area (Å²) >= 11 is 1.35. The van der Waals surface area contributed by atoms with E-state index in [1.54, 1.807) is 12.3 Å². The predicted octanol–water partition coefficient (Wildman–Crippen LogP) is 4.43. The lowest BCUT2D eigenvalue weighted by Crippen LogP contribution is -2.19. The first-order valence-electron chi connectivity index (χ1n) is 6.82. The van der Waals surface area contributed by atoms with Crippen LogP contribution < -0.4 is 5.32 Å². The van der Waals surface area contributed by atoms with Gasteiger partial charge in [0.15, 0.2) is 0 Å². The van der Waals surface area contributed by atoms with Gasteiger partial charge in [0.25, 0.3) is 0 Å². The smallest absolute Gasteiger partial charge is 0.137 e. The standard InChI is InChI=1S/C16H19FN2S/c1-3-9-18-12(2)13-7-8-15(14(17)11-13)20-16-6-4-5-10-19-16/h4-8,10-12,18H,3,9H2,1-2H3. The van der Waals surface area contributed by atoms with E-state index in [9.17, 15) is 4.39 Å². The monoisotopic (exact) mass is 290 g/mol. The zero-order chi connectivity index (χ0) is 14.4. The van der Waals surface area contributed by atoms with E-state index in [-0.39, 0.29) is 11.9 Å². The molecule has 0 amide bonds. The van der Waals surface area contributed by atoms with Crippen molar-refractivity contribution in [1.82, 2.24) is 10.3 Å². The fourth-order valence-electron chi connectivity index (χ4n) is 1.87. The highest BCUT2D eigenvalue weighted by molar-refractivity contribution is 7.99. The molecule has 1 aromatic heterocycles. The summed E-state index contributed by atoms with van der Waals surface area (Å²) in [7, 11) is 0. The summed E-state index contributed by atoms with van der Waals surface area (Å²) < 4.78 is 14.1. The van der Waals surface area contributed by atoms with Gasteiger partial charge in [-0.25, -0.2) is 9.37 Å². The zero-order valence-corrected chi connectivity index (χ0v) is 12.6. The van der Waals surface area contributed by atoms with Gasteiger partial charge >= 0.3 is 0 Å². The first-order valence-corrected chi connectivity index (χ1v) is 7.64. The molecule has 0 fully saturated rings. The van der Waals surface area contributed by atoms with Crippen molar-refractivity contribution in [3.05, 3.63) is 54.0 Å². The first kappa shape index (κ1) is 15.0. The van der Waals surface area contributed by atoms with Gasteiger partial charge in [-0.3, -0.25) is 0 Å². The second-order valence-corrected chi connectivity index (χ2v) is 5.70. The Morgan fingerprint density at radius 2 is 2.15 bits per heavy atom. The van der Waals surface area contributed by atoms with Crippen LogP contribution in [0.1, 0.15) is 31.9 Å². The highest BCUT2D eigenvalue weighted by Crippen LogP contribution is 2.29. The molecular formula is C16H19FN2S. The second kappa shape index (κ2) is 7.41. The molecule has 0 aliphatic carbocycles. The van der Waals surface area contributed by atoms with Crippen molar-refractivity contribution in [2.75, 3.05) is 6.54 Å². The van der Waals surface area contributed by atoms with Crippen molar-refractivity contribution in [3.8, 4) is 0 Å². The van der Waals surface area contributed by atoms with Gasteiger partial charge in [0, 0.05) is 17.1 Å². The van der Waals surface area contributed by atoms with Crippen molar-refractivity contribution in [2.45, 2.75) is 36.2 Å². The number of hydrogen-bond acceptors (Lipinski definition) is 3. The topological polar surface area (TPSA) is 24.9 Å². The van der Waals surface area contributed by atoms with Crippen molar-refractivity contribution < 1.29 is 4.39 Å². The number of rotatable bonds is 6. The van der Waals surface area contributed by atoms with Crippen molar-refractivity contribution in [2.24, 2.45) is 0 Å². The number of nitrogens with one attached hydrogen (secondary N) is 1. The van der Waals surface area contributed by atoms with Gasteiger partial charge in [-0.05, 0) is 49.7 Å². The first-order chi connectivity index (χ1) is 9.70. The zero-order valence-electron chi connectivity index (χ0n) is 11.8. The fraction of sp³-hybridized carbons (Fsp3) is 0.312. The Kier molecular flexibility index (Phi) is 5.56. The lowest BCUT2D eigenvalue weighted by Gasteiger charge is -2.14. The maximum atomic E-state index is 14.1. The Bertz CT molecular complexity index is 545. The van der Waals surface area contributed by atoms with Gasteiger partial charge in [0.2, 0.25) is 0 Å². The largest absolute Gasteiger partial charge is 0.310 e. The van der Waals surface area contributed by atoms with Crippen LogP contribution in [0, 0.1) is 5.82 Å². The second-order valence-electron chi connectivity index (χ2n) is 4.64. The summed E-state index contributed by atoms with van der Waals surface area (Å²) in [5, 5.41) is 4.16. The Labute approximate surface area is 123 Å². The van der Waals surface area contributed by atoms with E-state index < -0.39 is 0 Å². The average Bonchev–Trinajstić information content (AvgIpc) is 2.48. The molecule has 2 aromatic rings. The van der Waals surface area contributed by atoms with Crippen molar-refractivity contribution in [3.63, 3.8) is 0 Å². The van der Waals surface area contributed by atoms with Gasteiger partial charge < -0.3 is 5.32 Å². The van der Waals surface area contributed by atoms with Gasteiger partial charge in [-0.15, -0.1) is 0 Å². The normalized spacial score (nSPS) is 12.3. The van der Waals surface area contributed by atoms with Gasteiger partial charge in [-0.2, -0.15) is 0 Å². The Morgan fingerprint density at radius 1 is 1.30 bits per heavy atom. The molecule has 0 spiro atoms. The van der Waals surface area contributed by atoms with Crippen LogP contribution in [0.15, 0.2) is 52.5 Å². The number of nitrogens with zero attached hydrogens (tertiary/aromatic N) is 1. The molecule has 1 heterocycles. The Hall–Kier alpha value is -1.39. The highest BCUT2D eigenvalue weighted by atomic mass is 32.2. The van der Waals surface area contributed by atoms with E-state index in [0.29, 0.717) is 4.90 Å². The number of benzene rings is 1. The molecule has 20 heavy (non-hydrogen) atoms. The van der Waals surface area contributed by atoms with Crippen molar-refractivity contribution >= 4 is 11.8 Å². The minimum atomic E-state index is -0.191. The van der Waals surface area contributed by atoms with Crippen LogP contribution in [0.5, 0.6) is 0 Å². The quantitative estimate of drug-likeness (QED) is 0.851. The average molecular weight is 290 g/mol. The summed E-state index contributed by atoms with van der Waals surface area (Å²) in [6, 6.07) is 11.2. The molecule has 0 aliphatic heterocycles. The molecule has 1 atom stereocenters. The molecule has 0 saturated heterocycles. The van der Waals surface area contributed by atoms with E-state index in [4.69, 9.17) is 0 Å². The summed E-state index contributed by atoms with van der Waals surface area (Å²) in [5.74, 6) is -0.191. The molecule has 2 nitrogen and oxygen atoms in total. The third-order valence-electron chi connectivity index (χ3n) is 3.01. The lowest BCUT2D eigenvalue weighted by molar-refractivity contribution is 0.556. The molecule has 0 bridgehead atoms. The highest BCUT2D eigenvalue weighted by Gasteiger charge is 2.10. The van der Waals surface area contributed by atoms with Crippen molar-refractivity contribution in [1.29, 1.82) is 0 Å². The lowest BCUT2D eigenvalue weighted by atomic mass is 10.1. The number of aromatic nitrogens is 1. The van der Waals surface area contributed by atoms with E-state index in [1.807, 2.05) is 30.3 Å². The van der Waals surface area contributed by atoms with E-state index >= 15 is 0 Å². The molecular weight excluding hydrogens is 271 g/mol. The number of pyridine rings is 1. The summed E-state index contributed by atoms with van der Waals surface area (Å²) in [5.41, 5.74) is 0.973. The Balaban J connectivity index is 2.10. The van der Waals surface area contributed by atoms with Crippen LogP contribution in [-0.2, 0) is 0 Å². The van der Waals surface area contributed by atoms with E-state index in [0.717, 1.165) is 23.6 Å². The van der Waals surface area contributed by atoms with Crippen LogP contribution in [0.3, 0.4) is 0 Å². The SMILES string of the molecule is CCCNC(C)c1ccc(Sc2ccccn2)c(F)c1. The molecule has 106 valence electrons. The Morgan fingerprint density at radius 3 is 2.80 bits per heavy atom. The summed E-state index contributed by atoms with van der Waals surface area (Å²) in [6.07, 6.45) is 2.78. The third kappa shape index (κ3) is 4.05. The van der Waals surface area contributed by atoms with E-state index in [1.165, 1.54) is 11.8 Å². The molecule has 2 rings (SSSR count). The molecule has 0 aliphatic rings. The maximum Gasteiger partial charge on any atom is 0.137 e. The summed E-state index contributed by atoms with van der Waals surface area (Å²) in [4.78, 5) is 4.80. The van der Waals surface area contributed by atoms with Gasteiger partial charge in [-0.1, -0.05) is 30.8 Å². The molecule has 1 unspecified atom stereocenters. The maximum absolute atomic E-state index is 14.1. The summed E-state index contributed by atoms with van der Waals surface area (Å²) in [6.45, 7) is 5.11. The number of hydrogen-bond donors (Lipinski definition) is 1. The van der Waals surface area contributed by atoms with Crippen LogP contribution in [0.25, 0.3) is 0 Å². The third-order valence-corrected chi connectivity index (χ3v) is 4.01. The molecule has 0 radical (unpaired) electrons. The predicted molar refractivity (Wildman–Crippen MR) is 81.5 cm³/mol. The van der Waals surface area contributed by atoms with E-state index in [2.05, 4.69) is 24.1 Å². The molecule has 4 heteroatoms. The number of halogens is 1. The molecule has 1 aromatic carbocycles. The minimum Gasteiger partial charge on any atom is -0.310 e. The molecule has 1 N–H and O–H groups in total. The van der Waals surface area contributed by atoms with Gasteiger partial charge in [0.05, 0.1) is 0 Å². The van der Waals surface area contributed by atoms with Crippen LogP contribution in [-0.4, -0.2) is 11.5 Å².